The van der Waals surface area contributed by atoms with E-state index in [1.807, 2.05) is 0 Å². The van der Waals surface area contributed by atoms with E-state index in [4.69, 9.17) is 5.73 Å². The van der Waals surface area contributed by atoms with Crippen molar-refractivity contribution >= 4 is 21.6 Å². The van der Waals surface area contributed by atoms with Crippen LogP contribution < -0.4 is 16.6 Å². The van der Waals surface area contributed by atoms with Gasteiger partial charge in [0.25, 0.3) is 5.56 Å². The minimum atomic E-state index is -0.167. The van der Waals surface area contributed by atoms with Crippen LogP contribution in [-0.2, 0) is 6.54 Å². The lowest BCUT2D eigenvalue weighted by atomic mass is 9.78. The lowest BCUT2D eigenvalue weighted by Gasteiger charge is -2.38. The molecule has 1 aromatic rings. The predicted octanol–water partition coefficient (Wildman–Crippen LogP) is 1.49. The number of nitrogens with two attached hydrogens (primary N) is 1. The summed E-state index contributed by atoms with van der Waals surface area (Å²) in [5, 5.41) is 7.26. The van der Waals surface area contributed by atoms with Gasteiger partial charge >= 0.3 is 0 Å². The Hall–Kier alpha value is -1.14. The van der Waals surface area contributed by atoms with Crippen LogP contribution in [0.3, 0.4) is 0 Å². The summed E-state index contributed by atoms with van der Waals surface area (Å²) in [7, 11) is 0. The van der Waals surface area contributed by atoms with Crippen LogP contribution in [0.2, 0.25) is 0 Å². The number of nitrogens with one attached hydrogen (secondary N) is 1. The Balaban J connectivity index is 2.11. The molecule has 0 unspecified atom stereocenters. The van der Waals surface area contributed by atoms with Crippen molar-refractivity contribution in [2.24, 2.45) is 5.73 Å². The van der Waals surface area contributed by atoms with Crippen LogP contribution in [0, 0.1) is 0 Å². The summed E-state index contributed by atoms with van der Waals surface area (Å²) in [6.45, 7) is 4.66. The largest absolute Gasteiger partial charge is 0.381 e. The van der Waals surface area contributed by atoms with Crippen molar-refractivity contribution in [3.63, 3.8) is 0 Å². The predicted molar refractivity (Wildman–Crippen MR) is 75.7 cm³/mol. The van der Waals surface area contributed by atoms with Gasteiger partial charge in [-0.2, -0.15) is 5.10 Å². The SMILES string of the molecule is C=CCn1ncc(NCC2(N)CCC2)c(Br)c1=O. The Morgan fingerprint density at radius 2 is 2.39 bits per heavy atom. The van der Waals surface area contributed by atoms with Crippen molar-refractivity contribution in [2.45, 2.75) is 31.3 Å². The van der Waals surface area contributed by atoms with Crippen molar-refractivity contribution in [1.29, 1.82) is 0 Å². The Bertz CT molecular complexity index is 507. The zero-order chi connectivity index (χ0) is 13.2. The first-order valence-electron chi connectivity index (χ1n) is 5.95. The summed E-state index contributed by atoms with van der Waals surface area (Å²) in [4.78, 5) is 11.9. The van der Waals surface area contributed by atoms with E-state index in [2.05, 4.69) is 32.9 Å². The number of rotatable bonds is 5. The van der Waals surface area contributed by atoms with E-state index in [9.17, 15) is 4.79 Å². The highest BCUT2D eigenvalue weighted by Crippen LogP contribution is 2.29. The van der Waals surface area contributed by atoms with Crippen LogP contribution in [0.5, 0.6) is 0 Å². The highest BCUT2D eigenvalue weighted by Gasteiger charge is 2.32. The average Bonchev–Trinajstić information content (AvgIpc) is 2.32. The second-order valence-electron chi connectivity index (χ2n) is 4.72. The van der Waals surface area contributed by atoms with Crippen molar-refractivity contribution in [1.82, 2.24) is 9.78 Å². The maximum absolute atomic E-state index is 11.9. The highest BCUT2D eigenvalue weighted by molar-refractivity contribution is 9.10. The normalized spacial score (nSPS) is 17.0. The van der Waals surface area contributed by atoms with E-state index in [1.165, 1.54) is 11.1 Å². The summed E-state index contributed by atoms with van der Waals surface area (Å²) in [6, 6.07) is 0. The number of allylic oxidation sites excluding steroid dienone is 1. The molecule has 1 fully saturated rings. The molecule has 1 aliphatic carbocycles. The Labute approximate surface area is 114 Å². The fourth-order valence-electron chi connectivity index (χ4n) is 1.92. The van der Waals surface area contributed by atoms with E-state index < -0.39 is 0 Å². The lowest BCUT2D eigenvalue weighted by Crippen LogP contribution is -2.52. The Morgan fingerprint density at radius 1 is 1.67 bits per heavy atom. The van der Waals surface area contributed by atoms with Crippen LogP contribution in [-0.4, -0.2) is 21.9 Å². The van der Waals surface area contributed by atoms with Crippen LogP contribution >= 0.6 is 15.9 Å². The molecule has 1 heterocycles. The summed E-state index contributed by atoms with van der Waals surface area (Å²) in [6.07, 6.45) is 6.50. The van der Waals surface area contributed by atoms with Gasteiger partial charge in [-0.05, 0) is 35.2 Å². The van der Waals surface area contributed by atoms with Gasteiger partial charge in [0, 0.05) is 12.1 Å². The molecule has 98 valence electrons. The first-order chi connectivity index (χ1) is 8.56. The van der Waals surface area contributed by atoms with Crippen LogP contribution in [0.1, 0.15) is 19.3 Å². The quantitative estimate of drug-likeness (QED) is 0.808. The summed E-state index contributed by atoms with van der Waals surface area (Å²) in [5.41, 5.74) is 6.52. The molecule has 1 aromatic heterocycles. The zero-order valence-corrected chi connectivity index (χ0v) is 11.7. The topological polar surface area (TPSA) is 72.9 Å². The van der Waals surface area contributed by atoms with E-state index in [-0.39, 0.29) is 11.1 Å². The minimum Gasteiger partial charge on any atom is -0.381 e. The van der Waals surface area contributed by atoms with Gasteiger partial charge in [0.2, 0.25) is 0 Å². The molecule has 0 amide bonds. The van der Waals surface area contributed by atoms with Gasteiger partial charge in [-0.1, -0.05) is 6.08 Å². The Kier molecular flexibility index (Phi) is 3.87. The molecule has 1 saturated carbocycles. The number of anilines is 1. The standard InChI is InChI=1S/C12H17BrN4O/c1-2-6-17-11(18)10(13)9(7-16-17)15-8-12(14)4-3-5-12/h2,7,15H,1,3-6,8,14H2. The first-order valence-corrected chi connectivity index (χ1v) is 6.74. The summed E-state index contributed by atoms with van der Waals surface area (Å²) < 4.78 is 1.84. The van der Waals surface area contributed by atoms with Gasteiger partial charge in [-0.15, -0.1) is 6.58 Å². The zero-order valence-electron chi connectivity index (χ0n) is 10.2. The molecule has 6 heteroatoms. The molecule has 3 N–H and O–H groups in total. The van der Waals surface area contributed by atoms with Crippen molar-refractivity contribution in [3.05, 3.63) is 33.7 Å². The lowest BCUT2D eigenvalue weighted by molar-refractivity contribution is 0.265. The summed E-state index contributed by atoms with van der Waals surface area (Å²) in [5.74, 6) is 0. The van der Waals surface area contributed by atoms with Crippen LogP contribution in [0.4, 0.5) is 5.69 Å². The molecule has 0 aliphatic heterocycles. The maximum Gasteiger partial charge on any atom is 0.283 e. The highest BCUT2D eigenvalue weighted by atomic mass is 79.9. The van der Waals surface area contributed by atoms with Crippen LogP contribution in [0.25, 0.3) is 0 Å². The number of nitrogens with zero attached hydrogens (tertiary/aromatic N) is 2. The fourth-order valence-corrected chi connectivity index (χ4v) is 2.37. The molecule has 5 nitrogen and oxygen atoms in total. The minimum absolute atomic E-state index is 0.130. The van der Waals surface area contributed by atoms with Crippen molar-refractivity contribution in [2.75, 3.05) is 11.9 Å². The maximum atomic E-state index is 11.9. The molecule has 0 saturated heterocycles. The third kappa shape index (κ3) is 2.64. The van der Waals surface area contributed by atoms with Gasteiger partial charge in [0.15, 0.2) is 0 Å². The van der Waals surface area contributed by atoms with Gasteiger partial charge in [-0.3, -0.25) is 4.79 Å². The first kappa shape index (κ1) is 13.3. The molecule has 1 aliphatic rings. The third-order valence-corrected chi connectivity index (χ3v) is 4.03. The molecule has 0 atom stereocenters. The van der Waals surface area contributed by atoms with Gasteiger partial charge in [0.05, 0.1) is 18.4 Å². The summed E-state index contributed by atoms with van der Waals surface area (Å²) >= 11 is 3.30. The molecule has 2 rings (SSSR count). The van der Waals surface area contributed by atoms with E-state index in [0.717, 1.165) is 12.8 Å². The van der Waals surface area contributed by atoms with Crippen molar-refractivity contribution < 1.29 is 0 Å². The van der Waals surface area contributed by atoms with Gasteiger partial charge < -0.3 is 11.1 Å². The van der Waals surface area contributed by atoms with Gasteiger partial charge in [0.1, 0.15) is 4.47 Å². The second kappa shape index (κ2) is 5.24. The molecule has 0 spiro atoms. The molecule has 0 aromatic carbocycles. The van der Waals surface area contributed by atoms with Crippen LogP contribution in [0.15, 0.2) is 28.1 Å². The Morgan fingerprint density at radius 3 is 2.94 bits per heavy atom. The molecular formula is C12H17BrN4O. The number of halogens is 1. The van der Waals surface area contributed by atoms with E-state index in [0.29, 0.717) is 23.2 Å². The van der Waals surface area contributed by atoms with E-state index in [1.54, 1.807) is 12.3 Å². The van der Waals surface area contributed by atoms with Crippen molar-refractivity contribution in [3.8, 4) is 0 Å². The fraction of sp³-hybridized carbons (Fsp3) is 0.500. The second-order valence-corrected chi connectivity index (χ2v) is 5.51. The van der Waals surface area contributed by atoms with Gasteiger partial charge in [-0.25, -0.2) is 4.68 Å². The molecule has 18 heavy (non-hydrogen) atoms. The van der Waals surface area contributed by atoms with E-state index >= 15 is 0 Å². The third-order valence-electron chi connectivity index (χ3n) is 3.27. The molecule has 0 radical (unpaired) electrons. The average molecular weight is 313 g/mol. The molecular weight excluding hydrogens is 296 g/mol. The smallest absolute Gasteiger partial charge is 0.283 e. The monoisotopic (exact) mass is 312 g/mol. The number of aromatic nitrogens is 2. The number of hydrogen-bond donors (Lipinski definition) is 2. The molecule has 0 bridgehead atoms. The number of hydrogen-bond acceptors (Lipinski definition) is 4.